The van der Waals surface area contributed by atoms with Crippen molar-refractivity contribution in [3.63, 3.8) is 0 Å². The lowest BCUT2D eigenvalue weighted by molar-refractivity contribution is 0.0637. The summed E-state index contributed by atoms with van der Waals surface area (Å²) in [5.74, 6) is -7.78. The highest BCUT2D eigenvalue weighted by Gasteiger charge is 2.24. The van der Waals surface area contributed by atoms with Crippen LogP contribution in [0.2, 0.25) is 0 Å². The Morgan fingerprint density at radius 3 is 0.944 bits per heavy atom. The topological polar surface area (TPSA) is 149 Å². The van der Waals surface area contributed by atoms with Crippen molar-refractivity contribution in [2.24, 2.45) is 0 Å². The quantitative estimate of drug-likeness (QED) is 0.607. The Morgan fingerprint density at radius 2 is 0.833 bits per heavy atom. The number of benzene rings is 1. The van der Waals surface area contributed by atoms with Crippen LogP contribution in [0.4, 0.5) is 0 Å². The van der Waals surface area contributed by atoms with Gasteiger partial charge in [-0.05, 0) is 12.1 Å². The van der Waals surface area contributed by atoms with Crippen LogP contribution in [0.5, 0.6) is 0 Å². The summed E-state index contributed by atoms with van der Waals surface area (Å²) in [5.41, 5.74) is -4.98. The van der Waals surface area contributed by atoms with Gasteiger partial charge in [-0.2, -0.15) is 0 Å². The lowest BCUT2D eigenvalue weighted by atomic mass is 9.98. The van der Waals surface area contributed by atoms with E-state index in [-0.39, 0.29) is 0 Å². The van der Waals surface area contributed by atoms with Crippen LogP contribution >= 0.6 is 0 Å². The Labute approximate surface area is 102 Å². The molecule has 18 heavy (non-hydrogen) atoms. The average Bonchev–Trinajstić information content (AvgIpc) is 2.28. The van der Waals surface area contributed by atoms with E-state index in [9.17, 15) is 19.2 Å². The first-order chi connectivity index (χ1) is 9.11. The SMILES string of the molecule is [2H]c1c(C(=O)O)c(C(=O)O)c([2H])c(C(=O)O)c1C(=O)O. The smallest absolute Gasteiger partial charge is 0.336 e. The second kappa shape index (κ2) is 4.53. The minimum atomic E-state index is -1.94. The molecule has 0 spiro atoms. The van der Waals surface area contributed by atoms with E-state index in [1.54, 1.807) is 0 Å². The Morgan fingerprint density at radius 1 is 0.667 bits per heavy atom. The van der Waals surface area contributed by atoms with E-state index < -0.39 is 58.2 Å². The molecule has 0 bridgehead atoms. The first-order valence-electron chi connectivity index (χ1n) is 5.21. The molecule has 8 heteroatoms. The van der Waals surface area contributed by atoms with Crippen LogP contribution in [0.3, 0.4) is 0 Å². The summed E-state index contributed by atoms with van der Waals surface area (Å²) >= 11 is 0. The van der Waals surface area contributed by atoms with Gasteiger partial charge in [-0.15, -0.1) is 0 Å². The molecule has 0 aromatic heterocycles. The molecule has 0 aliphatic rings. The molecule has 0 saturated heterocycles. The molecule has 0 saturated carbocycles. The van der Waals surface area contributed by atoms with Gasteiger partial charge >= 0.3 is 23.9 Å². The third kappa shape index (κ3) is 2.26. The second-order valence-corrected chi connectivity index (χ2v) is 2.97. The van der Waals surface area contributed by atoms with E-state index >= 15 is 0 Å². The summed E-state index contributed by atoms with van der Waals surface area (Å²) in [6, 6.07) is -2.56. The molecular weight excluding hydrogens is 248 g/mol. The molecule has 1 aromatic carbocycles. The average molecular weight is 256 g/mol. The molecule has 1 aromatic rings. The maximum absolute atomic E-state index is 10.9. The van der Waals surface area contributed by atoms with Crippen molar-refractivity contribution in [1.82, 2.24) is 0 Å². The summed E-state index contributed by atoms with van der Waals surface area (Å²) in [7, 11) is 0. The van der Waals surface area contributed by atoms with E-state index in [4.69, 9.17) is 23.2 Å². The molecule has 1 rings (SSSR count). The molecule has 0 unspecified atom stereocenters. The fraction of sp³-hybridized carbons (Fsp3) is 0. The van der Waals surface area contributed by atoms with Crippen LogP contribution in [0, 0.1) is 0 Å². The van der Waals surface area contributed by atoms with Crippen molar-refractivity contribution in [2.75, 3.05) is 0 Å². The van der Waals surface area contributed by atoms with Crippen molar-refractivity contribution in [2.45, 2.75) is 0 Å². The summed E-state index contributed by atoms with van der Waals surface area (Å²) in [6.45, 7) is 0. The lowest BCUT2D eigenvalue weighted by Gasteiger charge is -2.06. The molecule has 0 aliphatic carbocycles. The van der Waals surface area contributed by atoms with Gasteiger partial charge in [-0.3, -0.25) is 0 Å². The fourth-order valence-corrected chi connectivity index (χ4v) is 1.14. The fourth-order valence-electron chi connectivity index (χ4n) is 1.14. The van der Waals surface area contributed by atoms with Crippen LogP contribution < -0.4 is 0 Å². The van der Waals surface area contributed by atoms with Crippen LogP contribution in [0.1, 0.15) is 44.2 Å². The van der Waals surface area contributed by atoms with E-state index in [0.29, 0.717) is 0 Å². The van der Waals surface area contributed by atoms with Crippen molar-refractivity contribution in [3.05, 3.63) is 34.3 Å². The highest BCUT2D eigenvalue weighted by Crippen LogP contribution is 2.18. The molecule has 4 N–H and O–H groups in total. The third-order valence-electron chi connectivity index (χ3n) is 1.86. The monoisotopic (exact) mass is 256 g/mol. The maximum atomic E-state index is 10.9. The second-order valence-electron chi connectivity index (χ2n) is 2.97. The van der Waals surface area contributed by atoms with Crippen molar-refractivity contribution in [3.8, 4) is 0 Å². The number of hydrogen-bond acceptors (Lipinski definition) is 4. The van der Waals surface area contributed by atoms with Gasteiger partial charge in [0.25, 0.3) is 0 Å². The van der Waals surface area contributed by atoms with Gasteiger partial charge in [-0.25, -0.2) is 19.2 Å². The zero-order valence-corrected chi connectivity index (χ0v) is 8.42. The zero-order chi connectivity index (χ0) is 15.8. The summed E-state index contributed by atoms with van der Waals surface area (Å²) in [6.07, 6.45) is 0. The van der Waals surface area contributed by atoms with Crippen molar-refractivity contribution >= 4 is 23.9 Å². The predicted octanol–water partition coefficient (Wildman–Crippen LogP) is 0.479. The minimum absolute atomic E-state index is 1.25. The normalized spacial score (nSPS) is 11.3. The number of hydrogen-bond donors (Lipinski definition) is 4. The van der Waals surface area contributed by atoms with Gasteiger partial charge in [-0.1, -0.05) is 0 Å². The standard InChI is InChI=1S/C10H6O8/c11-7(12)3-1-4(8(13)14)6(10(17)18)2-5(3)9(15)16/h1-2H,(H,11,12)(H,13,14)(H,15,16)(H,17,18)/i1D,2D. The van der Waals surface area contributed by atoms with Crippen LogP contribution in [-0.4, -0.2) is 44.3 Å². The largest absolute Gasteiger partial charge is 0.478 e. The number of carboxylic acids is 4. The van der Waals surface area contributed by atoms with Crippen LogP contribution in [0.25, 0.3) is 0 Å². The number of aromatic carboxylic acids is 4. The van der Waals surface area contributed by atoms with Crippen LogP contribution in [-0.2, 0) is 0 Å². The summed E-state index contributed by atoms with van der Waals surface area (Å²) in [4.78, 5) is 43.8. The highest BCUT2D eigenvalue weighted by atomic mass is 16.4. The Hall–Kier alpha value is -2.90. The zero-order valence-electron chi connectivity index (χ0n) is 10.4. The van der Waals surface area contributed by atoms with Crippen molar-refractivity contribution in [1.29, 1.82) is 0 Å². The van der Waals surface area contributed by atoms with Crippen molar-refractivity contribution < 1.29 is 42.3 Å². The van der Waals surface area contributed by atoms with Gasteiger partial charge in [0.1, 0.15) is 0 Å². The molecular formula is C10H6O8. The molecule has 0 amide bonds. The molecule has 0 heterocycles. The van der Waals surface area contributed by atoms with Gasteiger partial charge in [0.2, 0.25) is 0 Å². The van der Waals surface area contributed by atoms with Gasteiger partial charge in [0.05, 0.1) is 25.0 Å². The van der Waals surface area contributed by atoms with Crippen LogP contribution in [0.15, 0.2) is 12.1 Å². The molecule has 94 valence electrons. The summed E-state index contributed by atoms with van der Waals surface area (Å²) < 4.78 is 14.8. The van der Waals surface area contributed by atoms with Gasteiger partial charge in [0, 0.05) is 0 Å². The first-order valence-corrected chi connectivity index (χ1v) is 4.21. The van der Waals surface area contributed by atoms with Gasteiger partial charge < -0.3 is 20.4 Å². The van der Waals surface area contributed by atoms with E-state index in [0.717, 1.165) is 0 Å². The number of carbonyl (C=O) groups is 4. The maximum Gasteiger partial charge on any atom is 0.336 e. The molecule has 0 aliphatic heterocycles. The highest BCUT2D eigenvalue weighted by molar-refractivity contribution is 6.09. The van der Waals surface area contributed by atoms with E-state index in [1.807, 2.05) is 0 Å². The number of carboxylic acid groups (broad SMARTS) is 4. The molecule has 0 radical (unpaired) electrons. The molecule has 8 nitrogen and oxygen atoms in total. The lowest BCUT2D eigenvalue weighted by Crippen LogP contribution is -2.15. The Bertz CT molecular complexity index is 554. The molecule has 0 fully saturated rings. The first kappa shape index (κ1) is 10.3. The summed E-state index contributed by atoms with van der Waals surface area (Å²) in [5, 5.41) is 35.4. The van der Waals surface area contributed by atoms with E-state index in [1.165, 1.54) is 0 Å². The molecule has 0 atom stereocenters. The Kier molecular flexibility index (Phi) is 2.59. The van der Waals surface area contributed by atoms with E-state index in [2.05, 4.69) is 0 Å². The number of rotatable bonds is 4. The predicted molar refractivity (Wildman–Crippen MR) is 54.3 cm³/mol. The van der Waals surface area contributed by atoms with Gasteiger partial charge in [0.15, 0.2) is 0 Å². The Balaban J connectivity index is 4.10. The third-order valence-corrected chi connectivity index (χ3v) is 1.86. The minimum Gasteiger partial charge on any atom is -0.478 e.